The van der Waals surface area contributed by atoms with Gasteiger partial charge in [-0.05, 0) is 40.5 Å². The van der Waals surface area contributed by atoms with E-state index < -0.39 is 0 Å². The van der Waals surface area contributed by atoms with E-state index in [-0.39, 0.29) is 0 Å². The zero-order valence-electron chi connectivity index (χ0n) is 9.30. The smallest absolute Gasteiger partial charge is 0.0194 e. The van der Waals surface area contributed by atoms with Gasteiger partial charge in [-0.3, -0.25) is 4.90 Å². The van der Waals surface area contributed by atoms with Crippen molar-refractivity contribution in [2.24, 2.45) is 0 Å². The number of likely N-dealkylation sites (N-methyl/N-ethyl adjacent to an activating group) is 2. The molecule has 1 unspecified atom stereocenters. The predicted molar refractivity (Wildman–Crippen MR) is 55.6 cm³/mol. The van der Waals surface area contributed by atoms with Crippen LogP contribution in [0.15, 0.2) is 0 Å². The fraction of sp³-hybridized carbons (Fsp3) is 1.00. The Morgan fingerprint density at radius 1 is 1.17 bits per heavy atom. The SMILES string of the molecule is CCCN(CC)C(C)CN(C)C. The summed E-state index contributed by atoms with van der Waals surface area (Å²) in [7, 11) is 4.27. The van der Waals surface area contributed by atoms with Crippen LogP contribution in [0.4, 0.5) is 0 Å². The molecule has 2 nitrogen and oxygen atoms in total. The van der Waals surface area contributed by atoms with Crippen molar-refractivity contribution in [2.75, 3.05) is 33.7 Å². The largest absolute Gasteiger partial charge is 0.308 e. The Labute approximate surface area is 77.5 Å². The Morgan fingerprint density at radius 2 is 1.75 bits per heavy atom. The van der Waals surface area contributed by atoms with Crippen LogP contribution in [-0.2, 0) is 0 Å². The molecule has 0 bridgehead atoms. The fourth-order valence-corrected chi connectivity index (χ4v) is 1.62. The lowest BCUT2D eigenvalue weighted by molar-refractivity contribution is 0.182. The van der Waals surface area contributed by atoms with Gasteiger partial charge in [0.25, 0.3) is 0 Å². The average molecular weight is 172 g/mol. The van der Waals surface area contributed by atoms with E-state index in [9.17, 15) is 0 Å². The Morgan fingerprint density at radius 3 is 2.08 bits per heavy atom. The van der Waals surface area contributed by atoms with Crippen LogP contribution in [0.1, 0.15) is 27.2 Å². The number of rotatable bonds is 6. The van der Waals surface area contributed by atoms with Gasteiger partial charge in [0.05, 0.1) is 0 Å². The first-order valence-corrected chi connectivity index (χ1v) is 5.00. The molecule has 0 aromatic rings. The van der Waals surface area contributed by atoms with Crippen molar-refractivity contribution in [3.05, 3.63) is 0 Å². The molecule has 0 aliphatic heterocycles. The molecular formula is C10H24N2. The highest BCUT2D eigenvalue weighted by Gasteiger charge is 2.10. The summed E-state index contributed by atoms with van der Waals surface area (Å²) in [4.78, 5) is 4.78. The van der Waals surface area contributed by atoms with Crippen LogP contribution < -0.4 is 0 Å². The van der Waals surface area contributed by atoms with E-state index in [0.717, 1.165) is 6.54 Å². The lowest BCUT2D eigenvalue weighted by atomic mass is 10.2. The monoisotopic (exact) mass is 172 g/mol. The highest BCUT2D eigenvalue weighted by Crippen LogP contribution is 2.00. The molecule has 0 N–H and O–H groups in total. The van der Waals surface area contributed by atoms with E-state index in [4.69, 9.17) is 0 Å². The van der Waals surface area contributed by atoms with Crippen LogP contribution >= 0.6 is 0 Å². The third-order valence-electron chi connectivity index (χ3n) is 2.17. The van der Waals surface area contributed by atoms with Gasteiger partial charge in [-0.1, -0.05) is 13.8 Å². The highest BCUT2D eigenvalue weighted by atomic mass is 15.2. The maximum Gasteiger partial charge on any atom is 0.0194 e. The van der Waals surface area contributed by atoms with E-state index >= 15 is 0 Å². The molecule has 0 spiro atoms. The van der Waals surface area contributed by atoms with E-state index in [1.54, 1.807) is 0 Å². The van der Waals surface area contributed by atoms with Gasteiger partial charge in [-0.2, -0.15) is 0 Å². The van der Waals surface area contributed by atoms with Crippen molar-refractivity contribution in [3.63, 3.8) is 0 Å². The van der Waals surface area contributed by atoms with Gasteiger partial charge in [0.2, 0.25) is 0 Å². The van der Waals surface area contributed by atoms with Crippen molar-refractivity contribution < 1.29 is 0 Å². The Hall–Kier alpha value is -0.0800. The molecule has 0 fully saturated rings. The summed E-state index contributed by atoms with van der Waals surface area (Å²) >= 11 is 0. The molecule has 0 saturated heterocycles. The van der Waals surface area contributed by atoms with Crippen LogP contribution in [0, 0.1) is 0 Å². The van der Waals surface area contributed by atoms with Gasteiger partial charge < -0.3 is 4.90 Å². The molecule has 0 radical (unpaired) electrons. The summed E-state index contributed by atoms with van der Waals surface area (Å²) in [5.41, 5.74) is 0. The molecule has 1 atom stereocenters. The standard InChI is InChI=1S/C10H24N2/c1-6-8-12(7-2)10(3)9-11(4)5/h10H,6-9H2,1-5H3. The maximum absolute atomic E-state index is 2.53. The molecule has 0 aromatic heterocycles. The zero-order chi connectivity index (χ0) is 9.56. The normalized spacial score (nSPS) is 14.2. The third-order valence-corrected chi connectivity index (χ3v) is 2.17. The molecule has 0 heterocycles. The van der Waals surface area contributed by atoms with E-state index in [1.165, 1.54) is 19.5 Å². The van der Waals surface area contributed by atoms with Crippen molar-refractivity contribution in [1.82, 2.24) is 9.80 Å². The molecule has 0 saturated carbocycles. The minimum absolute atomic E-state index is 0.685. The second-order valence-corrected chi connectivity index (χ2v) is 3.74. The molecule has 0 aliphatic rings. The summed E-state index contributed by atoms with van der Waals surface area (Å²) < 4.78 is 0. The minimum atomic E-state index is 0.685. The van der Waals surface area contributed by atoms with Gasteiger partial charge in [0, 0.05) is 12.6 Å². The topological polar surface area (TPSA) is 6.48 Å². The fourth-order valence-electron chi connectivity index (χ4n) is 1.62. The lowest BCUT2D eigenvalue weighted by Crippen LogP contribution is -2.40. The van der Waals surface area contributed by atoms with Crippen LogP contribution in [-0.4, -0.2) is 49.6 Å². The molecule has 0 amide bonds. The molecule has 74 valence electrons. The zero-order valence-corrected chi connectivity index (χ0v) is 9.30. The molecule has 0 aromatic carbocycles. The summed E-state index contributed by atoms with van der Waals surface area (Å²) in [5, 5.41) is 0. The Bertz CT molecular complexity index is 102. The van der Waals surface area contributed by atoms with Crippen molar-refractivity contribution in [2.45, 2.75) is 33.2 Å². The summed E-state index contributed by atoms with van der Waals surface area (Å²) in [6, 6.07) is 0.685. The van der Waals surface area contributed by atoms with Gasteiger partial charge in [0.15, 0.2) is 0 Å². The summed E-state index contributed by atoms with van der Waals surface area (Å²) in [6.07, 6.45) is 1.26. The molecule has 12 heavy (non-hydrogen) atoms. The van der Waals surface area contributed by atoms with E-state index in [2.05, 4.69) is 44.7 Å². The second kappa shape index (κ2) is 6.44. The molecule has 0 aliphatic carbocycles. The maximum atomic E-state index is 2.53. The third kappa shape index (κ3) is 4.73. The number of nitrogens with zero attached hydrogens (tertiary/aromatic N) is 2. The van der Waals surface area contributed by atoms with E-state index in [0.29, 0.717) is 6.04 Å². The lowest BCUT2D eigenvalue weighted by Gasteiger charge is -2.29. The van der Waals surface area contributed by atoms with Gasteiger partial charge in [-0.15, -0.1) is 0 Å². The quantitative estimate of drug-likeness (QED) is 0.601. The summed E-state index contributed by atoms with van der Waals surface area (Å²) in [6.45, 7) is 10.3. The van der Waals surface area contributed by atoms with Crippen LogP contribution in [0.3, 0.4) is 0 Å². The van der Waals surface area contributed by atoms with E-state index in [1.807, 2.05) is 0 Å². The van der Waals surface area contributed by atoms with Gasteiger partial charge >= 0.3 is 0 Å². The average Bonchev–Trinajstić information content (AvgIpc) is 1.98. The number of hydrogen-bond donors (Lipinski definition) is 0. The first-order valence-electron chi connectivity index (χ1n) is 5.00. The first-order chi connectivity index (χ1) is 5.61. The Balaban J connectivity index is 3.76. The van der Waals surface area contributed by atoms with Crippen LogP contribution in [0.25, 0.3) is 0 Å². The second-order valence-electron chi connectivity index (χ2n) is 3.74. The van der Waals surface area contributed by atoms with Crippen molar-refractivity contribution in [1.29, 1.82) is 0 Å². The van der Waals surface area contributed by atoms with Gasteiger partial charge in [0.1, 0.15) is 0 Å². The molecule has 0 rings (SSSR count). The highest BCUT2D eigenvalue weighted by molar-refractivity contribution is 4.67. The summed E-state index contributed by atoms with van der Waals surface area (Å²) in [5.74, 6) is 0. The molecular weight excluding hydrogens is 148 g/mol. The van der Waals surface area contributed by atoms with Crippen molar-refractivity contribution >= 4 is 0 Å². The van der Waals surface area contributed by atoms with Crippen LogP contribution in [0.5, 0.6) is 0 Å². The number of hydrogen-bond acceptors (Lipinski definition) is 2. The molecule has 2 heteroatoms. The first kappa shape index (κ1) is 11.9. The predicted octanol–water partition coefficient (Wildman–Crippen LogP) is 1.67. The van der Waals surface area contributed by atoms with Crippen LogP contribution in [0.2, 0.25) is 0 Å². The minimum Gasteiger partial charge on any atom is -0.308 e. The van der Waals surface area contributed by atoms with Crippen molar-refractivity contribution in [3.8, 4) is 0 Å². The Kier molecular flexibility index (Phi) is 6.39. The van der Waals surface area contributed by atoms with Gasteiger partial charge in [-0.25, -0.2) is 0 Å².